The van der Waals surface area contributed by atoms with E-state index in [1.54, 1.807) is 19.2 Å². The summed E-state index contributed by atoms with van der Waals surface area (Å²) in [7, 11) is -0.320. The van der Waals surface area contributed by atoms with Crippen molar-refractivity contribution in [2.75, 3.05) is 7.11 Å². The van der Waals surface area contributed by atoms with Gasteiger partial charge in [-0.15, -0.1) is 0 Å². The summed E-state index contributed by atoms with van der Waals surface area (Å²) < 4.78 is 26.5. The Balaban J connectivity index is 2.03. The minimum atomic E-state index is -1.89. The lowest BCUT2D eigenvalue weighted by Crippen LogP contribution is -2.40. The highest BCUT2D eigenvalue weighted by Gasteiger charge is 2.38. The van der Waals surface area contributed by atoms with Gasteiger partial charge >= 0.3 is 0 Å². The maximum atomic E-state index is 14.8. The van der Waals surface area contributed by atoms with Crippen molar-refractivity contribution in [3.05, 3.63) is 53.3 Å². The van der Waals surface area contributed by atoms with Crippen LogP contribution >= 0.6 is 0 Å². The third-order valence-corrected chi connectivity index (χ3v) is 11.4. The molecule has 0 spiro atoms. The molecule has 1 aliphatic rings. The van der Waals surface area contributed by atoms with E-state index in [1.807, 2.05) is 18.2 Å². The zero-order valence-corrected chi connectivity index (χ0v) is 20.1. The molecule has 2 aromatic carbocycles. The molecule has 0 radical (unpaired) electrons. The van der Waals surface area contributed by atoms with Gasteiger partial charge in [-0.05, 0) is 65.9 Å². The van der Waals surface area contributed by atoms with Crippen LogP contribution in [0.2, 0.25) is 18.1 Å². The molecular formula is C25H35FO3Si. The Hall–Kier alpha value is -1.69. The topological polar surface area (TPSA) is 38.7 Å². The molecule has 164 valence electrons. The van der Waals surface area contributed by atoms with Gasteiger partial charge in [0.1, 0.15) is 11.6 Å². The van der Waals surface area contributed by atoms with Gasteiger partial charge < -0.3 is 14.3 Å². The van der Waals surface area contributed by atoms with Crippen LogP contribution in [0.25, 0.3) is 11.1 Å². The Morgan fingerprint density at radius 3 is 2.30 bits per heavy atom. The molecule has 3 nitrogen and oxygen atoms in total. The first kappa shape index (κ1) is 23.0. The molecule has 0 amide bonds. The molecule has 1 N–H and O–H groups in total. The van der Waals surface area contributed by atoms with Gasteiger partial charge in [0.15, 0.2) is 8.32 Å². The molecule has 0 unspecified atom stereocenters. The second kappa shape index (κ2) is 8.44. The summed E-state index contributed by atoms with van der Waals surface area (Å²) >= 11 is 0. The average Bonchev–Trinajstić information content (AvgIpc) is 3.13. The van der Waals surface area contributed by atoms with E-state index < -0.39 is 13.9 Å². The van der Waals surface area contributed by atoms with E-state index in [9.17, 15) is 9.50 Å². The fraction of sp³-hybridized carbons (Fsp3) is 0.520. The molecule has 0 atom stereocenters. The first-order valence-electron chi connectivity index (χ1n) is 10.8. The quantitative estimate of drug-likeness (QED) is 0.513. The van der Waals surface area contributed by atoms with Crippen molar-refractivity contribution in [2.45, 2.75) is 76.8 Å². The predicted octanol–water partition coefficient (Wildman–Crippen LogP) is 6.78. The second-order valence-electron chi connectivity index (χ2n) is 10.0. The Morgan fingerprint density at radius 2 is 1.70 bits per heavy atom. The molecule has 2 aromatic rings. The van der Waals surface area contributed by atoms with Crippen LogP contribution in [-0.2, 0) is 16.6 Å². The van der Waals surface area contributed by atoms with Crippen molar-refractivity contribution in [3.8, 4) is 16.9 Å². The molecule has 0 aliphatic heterocycles. The normalized spacial score (nSPS) is 16.7. The molecule has 0 aromatic heterocycles. The van der Waals surface area contributed by atoms with E-state index >= 15 is 0 Å². The number of rotatable bonds is 6. The van der Waals surface area contributed by atoms with Crippen LogP contribution < -0.4 is 4.74 Å². The Kier molecular flexibility index (Phi) is 6.47. The SMILES string of the molecule is COc1ccc(F)c(-c2ccc(CO[Si](C)(C)C(C)(C)C)cc2C2(O)CCCC2)c1. The van der Waals surface area contributed by atoms with E-state index in [2.05, 4.69) is 33.9 Å². The van der Waals surface area contributed by atoms with Crippen LogP contribution in [0.5, 0.6) is 5.75 Å². The molecule has 5 heteroatoms. The van der Waals surface area contributed by atoms with Gasteiger partial charge in [-0.2, -0.15) is 0 Å². The fourth-order valence-electron chi connectivity index (χ4n) is 3.85. The zero-order valence-electron chi connectivity index (χ0n) is 19.1. The highest BCUT2D eigenvalue weighted by atomic mass is 28.4. The molecule has 0 heterocycles. The molecule has 0 saturated heterocycles. The summed E-state index contributed by atoms with van der Waals surface area (Å²) in [5.74, 6) is 0.282. The molecule has 1 fully saturated rings. The van der Waals surface area contributed by atoms with Crippen LogP contribution in [0.1, 0.15) is 57.6 Å². The van der Waals surface area contributed by atoms with Crippen molar-refractivity contribution in [1.82, 2.24) is 0 Å². The smallest absolute Gasteiger partial charge is 0.192 e. The summed E-state index contributed by atoms with van der Waals surface area (Å²) in [4.78, 5) is 0. The van der Waals surface area contributed by atoms with Crippen LogP contribution in [0.15, 0.2) is 36.4 Å². The van der Waals surface area contributed by atoms with Gasteiger partial charge in [-0.3, -0.25) is 0 Å². The van der Waals surface area contributed by atoms with E-state index in [4.69, 9.17) is 9.16 Å². The summed E-state index contributed by atoms with van der Waals surface area (Å²) in [6, 6.07) is 10.7. The van der Waals surface area contributed by atoms with Gasteiger partial charge in [0, 0.05) is 5.56 Å². The fourth-order valence-corrected chi connectivity index (χ4v) is 4.81. The average molecular weight is 431 g/mol. The van der Waals surface area contributed by atoms with Crippen LogP contribution in [0.3, 0.4) is 0 Å². The molecular weight excluding hydrogens is 395 g/mol. The Bertz CT molecular complexity index is 896. The zero-order chi connectivity index (χ0) is 22.2. The molecule has 30 heavy (non-hydrogen) atoms. The number of hydrogen-bond acceptors (Lipinski definition) is 3. The van der Waals surface area contributed by atoms with Gasteiger partial charge in [0.2, 0.25) is 0 Å². The number of halogens is 1. The van der Waals surface area contributed by atoms with Crippen LogP contribution in [0, 0.1) is 5.82 Å². The standard InChI is InChI=1S/C25H35FO3Si/c1-24(2,3)30(5,6)29-17-18-9-11-20(21-16-19(28-4)10-12-23(21)26)22(15-18)25(27)13-7-8-14-25/h9-12,15-16,27H,7-8,13-14,17H2,1-6H3. The lowest BCUT2D eigenvalue weighted by atomic mass is 9.84. The number of aliphatic hydroxyl groups is 1. The third-order valence-electron chi connectivity index (χ3n) is 6.89. The number of ether oxygens (including phenoxy) is 1. The monoisotopic (exact) mass is 430 g/mol. The molecule has 3 rings (SSSR count). The van der Waals surface area contributed by atoms with Gasteiger partial charge in [-0.25, -0.2) is 4.39 Å². The lowest BCUT2D eigenvalue weighted by Gasteiger charge is -2.36. The van der Waals surface area contributed by atoms with Crippen molar-refractivity contribution in [2.24, 2.45) is 0 Å². The van der Waals surface area contributed by atoms with E-state index in [1.165, 1.54) is 6.07 Å². The van der Waals surface area contributed by atoms with E-state index in [-0.39, 0.29) is 10.9 Å². The van der Waals surface area contributed by atoms with E-state index in [0.29, 0.717) is 30.8 Å². The predicted molar refractivity (Wildman–Crippen MR) is 123 cm³/mol. The van der Waals surface area contributed by atoms with Gasteiger partial charge in [0.05, 0.1) is 19.3 Å². The summed E-state index contributed by atoms with van der Waals surface area (Å²) in [5.41, 5.74) is 2.07. The highest BCUT2D eigenvalue weighted by molar-refractivity contribution is 6.74. The number of hydrogen-bond donors (Lipinski definition) is 1. The third kappa shape index (κ3) is 4.63. The first-order valence-corrected chi connectivity index (χ1v) is 13.7. The lowest BCUT2D eigenvalue weighted by molar-refractivity contribution is 0.0449. The maximum Gasteiger partial charge on any atom is 0.192 e. The summed E-state index contributed by atoms with van der Waals surface area (Å²) in [5, 5.41) is 11.5. The summed E-state index contributed by atoms with van der Waals surface area (Å²) in [6.07, 6.45) is 3.33. The molecule has 0 bridgehead atoms. The van der Waals surface area contributed by atoms with Crippen LogP contribution in [0.4, 0.5) is 4.39 Å². The first-order chi connectivity index (χ1) is 14.0. The largest absolute Gasteiger partial charge is 0.497 e. The maximum absolute atomic E-state index is 14.8. The molecule has 1 aliphatic carbocycles. The van der Waals surface area contributed by atoms with Gasteiger partial charge in [0.25, 0.3) is 0 Å². The van der Waals surface area contributed by atoms with Crippen LogP contribution in [-0.4, -0.2) is 20.5 Å². The Labute approximate surface area is 181 Å². The number of benzene rings is 2. The van der Waals surface area contributed by atoms with Crippen molar-refractivity contribution >= 4 is 8.32 Å². The second-order valence-corrected chi connectivity index (χ2v) is 14.8. The van der Waals surface area contributed by atoms with E-state index in [0.717, 1.165) is 29.5 Å². The highest BCUT2D eigenvalue weighted by Crippen LogP contribution is 2.44. The van der Waals surface area contributed by atoms with Crippen molar-refractivity contribution in [3.63, 3.8) is 0 Å². The van der Waals surface area contributed by atoms with Crippen molar-refractivity contribution in [1.29, 1.82) is 0 Å². The Morgan fingerprint density at radius 1 is 1.03 bits per heavy atom. The molecule has 1 saturated carbocycles. The minimum absolute atomic E-state index is 0.128. The number of methoxy groups -OCH3 is 1. The van der Waals surface area contributed by atoms with Crippen molar-refractivity contribution < 1.29 is 18.7 Å². The summed E-state index contributed by atoms with van der Waals surface area (Å²) in [6.45, 7) is 11.6. The minimum Gasteiger partial charge on any atom is -0.497 e. The van der Waals surface area contributed by atoms with Gasteiger partial charge in [-0.1, -0.05) is 51.8 Å².